The highest BCUT2D eigenvalue weighted by molar-refractivity contribution is 7.98. The largest absolute Gasteiger partial charge is 0.326 e. The number of thioether (sulfide) groups is 1. The van der Waals surface area contributed by atoms with Crippen molar-refractivity contribution in [2.24, 2.45) is 5.73 Å². The summed E-state index contributed by atoms with van der Waals surface area (Å²) in [6.45, 7) is 2.02. The standard InChI is InChI=1S/C5H13NS2/c1-4(7)5(6)3-8-2/h4-5,7H,3,6H2,1-2H3/t4-,5?/m0/s1. The van der Waals surface area contributed by atoms with Crippen molar-refractivity contribution in [2.75, 3.05) is 12.0 Å². The average molecular weight is 151 g/mol. The molecule has 0 aliphatic carbocycles. The zero-order valence-electron chi connectivity index (χ0n) is 5.29. The summed E-state index contributed by atoms with van der Waals surface area (Å²) in [4.78, 5) is 0. The van der Waals surface area contributed by atoms with Gasteiger partial charge in [-0.2, -0.15) is 24.4 Å². The molecule has 0 spiro atoms. The molecule has 0 aromatic rings. The molecule has 0 saturated heterocycles. The molecule has 2 atom stereocenters. The Hall–Kier alpha value is 0.660. The summed E-state index contributed by atoms with van der Waals surface area (Å²) in [5.74, 6) is 1.00. The monoisotopic (exact) mass is 151 g/mol. The van der Waals surface area contributed by atoms with Gasteiger partial charge < -0.3 is 5.73 Å². The molecule has 0 aliphatic heterocycles. The number of rotatable bonds is 3. The smallest absolute Gasteiger partial charge is 0.0245 e. The summed E-state index contributed by atoms with van der Waals surface area (Å²) in [6, 6.07) is 0.244. The summed E-state index contributed by atoms with van der Waals surface area (Å²) in [7, 11) is 0. The predicted molar refractivity (Wildman–Crippen MR) is 44.8 cm³/mol. The maximum Gasteiger partial charge on any atom is 0.0245 e. The highest BCUT2D eigenvalue weighted by Crippen LogP contribution is 2.03. The van der Waals surface area contributed by atoms with Crippen LogP contribution in [0.5, 0.6) is 0 Å². The first-order valence-electron chi connectivity index (χ1n) is 2.61. The van der Waals surface area contributed by atoms with Crippen molar-refractivity contribution in [3.05, 3.63) is 0 Å². The molecule has 0 radical (unpaired) electrons. The van der Waals surface area contributed by atoms with E-state index in [2.05, 4.69) is 18.9 Å². The molecule has 0 bridgehead atoms. The van der Waals surface area contributed by atoms with E-state index in [4.69, 9.17) is 5.73 Å². The number of nitrogens with two attached hydrogens (primary N) is 1. The van der Waals surface area contributed by atoms with E-state index in [1.807, 2.05) is 6.92 Å². The van der Waals surface area contributed by atoms with E-state index in [-0.39, 0.29) is 6.04 Å². The van der Waals surface area contributed by atoms with Crippen LogP contribution in [-0.2, 0) is 0 Å². The Bertz CT molecular complexity index is 56.4. The molecule has 0 aromatic carbocycles. The zero-order chi connectivity index (χ0) is 6.57. The van der Waals surface area contributed by atoms with Gasteiger partial charge in [0.2, 0.25) is 0 Å². The van der Waals surface area contributed by atoms with E-state index in [1.165, 1.54) is 0 Å². The number of hydrogen-bond donors (Lipinski definition) is 2. The fourth-order valence-electron chi connectivity index (χ4n) is 0.332. The lowest BCUT2D eigenvalue weighted by molar-refractivity contribution is 0.746. The van der Waals surface area contributed by atoms with Gasteiger partial charge in [-0.25, -0.2) is 0 Å². The van der Waals surface area contributed by atoms with Crippen molar-refractivity contribution >= 4 is 24.4 Å². The molecule has 0 aliphatic rings. The van der Waals surface area contributed by atoms with Gasteiger partial charge in [-0.1, -0.05) is 6.92 Å². The first-order valence-corrected chi connectivity index (χ1v) is 4.52. The van der Waals surface area contributed by atoms with Crippen LogP contribution in [0.4, 0.5) is 0 Å². The van der Waals surface area contributed by atoms with Crippen LogP contribution in [0.1, 0.15) is 6.92 Å². The summed E-state index contributed by atoms with van der Waals surface area (Å²) in [5.41, 5.74) is 5.63. The Labute approximate surface area is 60.8 Å². The molecule has 0 saturated carbocycles. The minimum Gasteiger partial charge on any atom is -0.326 e. The number of thiol groups is 1. The van der Waals surface area contributed by atoms with Crippen LogP contribution in [0, 0.1) is 0 Å². The van der Waals surface area contributed by atoms with Gasteiger partial charge in [0.1, 0.15) is 0 Å². The molecular formula is C5H13NS2. The van der Waals surface area contributed by atoms with Gasteiger partial charge in [0.15, 0.2) is 0 Å². The Morgan fingerprint density at radius 1 is 1.75 bits per heavy atom. The molecule has 8 heavy (non-hydrogen) atoms. The van der Waals surface area contributed by atoms with Crippen molar-refractivity contribution in [3.8, 4) is 0 Å². The van der Waals surface area contributed by atoms with Gasteiger partial charge in [-0.15, -0.1) is 0 Å². The van der Waals surface area contributed by atoms with E-state index in [1.54, 1.807) is 11.8 Å². The molecule has 2 N–H and O–H groups in total. The minimum absolute atomic E-state index is 0.244. The van der Waals surface area contributed by atoms with Gasteiger partial charge in [0.25, 0.3) is 0 Å². The van der Waals surface area contributed by atoms with Crippen molar-refractivity contribution in [3.63, 3.8) is 0 Å². The van der Waals surface area contributed by atoms with Crippen molar-refractivity contribution < 1.29 is 0 Å². The molecule has 3 heteroatoms. The van der Waals surface area contributed by atoms with E-state index < -0.39 is 0 Å². The third-order valence-electron chi connectivity index (χ3n) is 0.979. The summed E-state index contributed by atoms with van der Waals surface area (Å²) >= 11 is 5.95. The Morgan fingerprint density at radius 2 is 2.25 bits per heavy atom. The van der Waals surface area contributed by atoms with Crippen LogP contribution in [0.2, 0.25) is 0 Å². The molecule has 1 unspecified atom stereocenters. The van der Waals surface area contributed by atoms with E-state index >= 15 is 0 Å². The topological polar surface area (TPSA) is 26.0 Å². The van der Waals surface area contributed by atoms with Crippen molar-refractivity contribution in [1.82, 2.24) is 0 Å². The first-order chi connectivity index (χ1) is 3.68. The highest BCUT2D eigenvalue weighted by Gasteiger charge is 2.05. The normalized spacial score (nSPS) is 18.0. The van der Waals surface area contributed by atoms with Gasteiger partial charge in [0, 0.05) is 17.0 Å². The molecule has 0 aromatic heterocycles. The second kappa shape index (κ2) is 4.53. The third-order valence-corrected chi connectivity index (χ3v) is 2.08. The zero-order valence-corrected chi connectivity index (χ0v) is 7.01. The first kappa shape index (κ1) is 8.66. The van der Waals surface area contributed by atoms with Crippen LogP contribution >= 0.6 is 24.4 Å². The molecule has 0 amide bonds. The lowest BCUT2D eigenvalue weighted by Crippen LogP contribution is -2.31. The minimum atomic E-state index is 0.244. The second-order valence-electron chi connectivity index (χ2n) is 1.86. The fraction of sp³-hybridized carbons (Fsp3) is 1.00. The molecule has 50 valence electrons. The summed E-state index contributed by atoms with van der Waals surface area (Å²) < 4.78 is 0. The molecule has 0 fully saturated rings. The molecule has 1 nitrogen and oxygen atoms in total. The van der Waals surface area contributed by atoms with E-state index in [0.29, 0.717) is 5.25 Å². The average Bonchev–Trinajstić information content (AvgIpc) is 1.67. The SMILES string of the molecule is CSCC(N)[C@H](C)S. The second-order valence-corrected chi connectivity index (χ2v) is 3.59. The highest BCUT2D eigenvalue weighted by atomic mass is 32.2. The van der Waals surface area contributed by atoms with E-state index in [9.17, 15) is 0 Å². The van der Waals surface area contributed by atoms with E-state index in [0.717, 1.165) is 5.75 Å². The maximum atomic E-state index is 5.63. The Balaban J connectivity index is 3.17. The maximum absolute atomic E-state index is 5.63. The third kappa shape index (κ3) is 3.64. The van der Waals surface area contributed by atoms with Crippen molar-refractivity contribution in [2.45, 2.75) is 18.2 Å². The molecular weight excluding hydrogens is 138 g/mol. The lowest BCUT2D eigenvalue weighted by Gasteiger charge is -2.11. The summed E-state index contributed by atoms with van der Waals surface area (Å²) in [6.07, 6.45) is 2.05. The van der Waals surface area contributed by atoms with Crippen LogP contribution in [0.25, 0.3) is 0 Å². The van der Waals surface area contributed by atoms with Crippen LogP contribution in [0.15, 0.2) is 0 Å². The predicted octanol–water partition coefficient (Wildman–Crippen LogP) is 0.995. The van der Waals surface area contributed by atoms with Gasteiger partial charge in [-0.3, -0.25) is 0 Å². The van der Waals surface area contributed by atoms with Gasteiger partial charge in [0.05, 0.1) is 0 Å². The summed E-state index contributed by atoms with van der Waals surface area (Å²) in [5, 5.41) is 0.322. The van der Waals surface area contributed by atoms with Crippen LogP contribution in [-0.4, -0.2) is 23.3 Å². The van der Waals surface area contributed by atoms with Gasteiger partial charge >= 0.3 is 0 Å². The van der Waals surface area contributed by atoms with Crippen molar-refractivity contribution in [1.29, 1.82) is 0 Å². The Morgan fingerprint density at radius 3 is 2.38 bits per heavy atom. The van der Waals surface area contributed by atoms with Crippen LogP contribution < -0.4 is 5.73 Å². The fourth-order valence-corrected chi connectivity index (χ4v) is 1.25. The molecule has 0 rings (SSSR count). The quantitative estimate of drug-likeness (QED) is 0.588. The lowest BCUT2D eigenvalue weighted by atomic mass is 10.3. The Kier molecular flexibility index (Phi) is 4.90. The van der Waals surface area contributed by atoms with Crippen LogP contribution in [0.3, 0.4) is 0 Å². The van der Waals surface area contributed by atoms with Gasteiger partial charge in [-0.05, 0) is 6.26 Å². The number of hydrogen-bond acceptors (Lipinski definition) is 3. The molecule has 0 heterocycles.